The standard InChI is InChI=1S/C21H33N3O/c1-16(2)20(22)21(25)23-12-10-18(11-13-23)15-24(19-8-9-19)14-17-6-4-3-5-7-17/h3-7,16,18-20H,8-15,22H2,1-2H3/t20-/m0/s1. The van der Waals surface area contributed by atoms with Crippen molar-refractivity contribution in [3.05, 3.63) is 35.9 Å². The van der Waals surface area contributed by atoms with E-state index in [1.54, 1.807) is 0 Å². The highest BCUT2D eigenvalue weighted by Crippen LogP contribution is 2.31. The van der Waals surface area contributed by atoms with Gasteiger partial charge in [-0.3, -0.25) is 9.69 Å². The molecule has 1 aromatic carbocycles. The maximum Gasteiger partial charge on any atom is 0.239 e. The molecule has 3 rings (SSSR count). The average Bonchev–Trinajstić information content (AvgIpc) is 3.46. The van der Waals surface area contributed by atoms with E-state index >= 15 is 0 Å². The Morgan fingerprint density at radius 1 is 1.16 bits per heavy atom. The molecule has 0 radical (unpaired) electrons. The molecule has 1 atom stereocenters. The van der Waals surface area contributed by atoms with Crippen LogP contribution in [0.15, 0.2) is 30.3 Å². The van der Waals surface area contributed by atoms with E-state index in [0.717, 1.165) is 45.1 Å². The second-order valence-electron chi connectivity index (χ2n) is 8.18. The summed E-state index contributed by atoms with van der Waals surface area (Å²) in [6, 6.07) is 11.2. The largest absolute Gasteiger partial charge is 0.341 e. The predicted octanol–water partition coefficient (Wildman–Crippen LogP) is 2.87. The van der Waals surface area contributed by atoms with Gasteiger partial charge in [0.15, 0.2) is 0 Å². The molecule has 1 saturated heterocycles. The number of carbonyl (C=O) groups excluding carboxylic acids is 1. The highest BCUT2D eigenvalue weighted by molar-refractivity contribution is 5.82. The van der Waals surface area contributed by atoms with E-state index in [2.05, 4.69) is 35.2 Å². The van der Waals surface area contributed by atoms with Gasteiger partial charge in [0, 0.05) is 32.2 Å². The summed E-state index contributed by atoms with van der Waals surface area (Å²) in [5.74, 6) is 1.04. The van der Waals surface area contributed by atoms with Crippen LogP contribution in [-0.4, -0.2) is 47.4 Å². The summed E-state index contributed by atoms with van der Waals surface area (Å²) in [5.41, 5.74) is 7.45. The third-order valence-corrected chi connectivity index (χ3v) is 5.71. The maximum atomic E-state index is 12.4. The summed E-state index contributed by atoms with van der Waals surface area (Å²) in [7, 11) is 0. The van der Waals surface area contributed by atoms with E-state index in [0.29, 0.717) is 5.92 Å². The number of piperidine rings is 1. The van der Waals surface area contributed by atoms with Crippen molar-refractivity contribution in [2.24, 2.45) is 17.6 Å². The van der Waals surface area contributed by atoms with Gasteiger partial charge in [-0.15, -0.1) is 0 Å². The zero-order valence-corrected chi connectivity index (χ0v) is 15.7. The normalized spacial score (nSPS) is 20.3. The summed E-state index contributed by atoms with van der Waals surface area (Å²) in [4.78, 5) is 17.1. The fourth-order valence-electron chi connectivity index (χ4n) is 3.76. The van der Waals surface area contributed by atoms with Crippen molar-refractivity contribution < 1.29 is 4.79 Å². The van der Waals surface area contributed by atoms with Crippen molar-refractivity contribution in [1.29, 1.82) is 0 Å². The van der Waals surface area contributed by atoms with Crippen molar-refractivity contribution in [3.8, 4) is 0 Å². The Hall–Kier alpha value is -1.39. The topological polar surface area (TPSA) is 49.6 Å². The van der Waals surface area contributed by atoms with Crippen LogP contribution in [-0.2, 0) is 11.3 Å². The Bertz CT molecular complexity index is 548. The molecule has 1 aliphatic heterocycles. The number of nitrogens with zero attached hydrogens (tertiary/aromatic N) is 2. The second-order valence-corrected chi connectivity index (χ2v) is 8.18. The van der Waals surface area contributed by atoms with Gasteiger partial charge in [0.1, 0.15) is 0 Å². The van der Waals surface area contributed by atoms with E-state index in [1.807, 2.05) is 18.7 Å². The molecule has 2 N–H and O–H groups in total. The number of likely N-dealkylation sites (tertiary alicyclic amines) is 1. The summed E-state index contributed by atoms with van der Waals surface area (Å²) in [6.07, 6.45) is 4.89. The molecule has 1 aromatic rings. The zero-order valence-electron chi connectivity index (χ0n) is 15.7. The number of nitrogens with two attached hydrogens (primary N) is 1. The lowest BCUT2D eigenvalue weighted by Crippen LogP contribution is -2.50. The average molecular weight is 344 g/mol. The first-order valence-corrected chi connectivity index (χ1v) is 9.87. The molecule has 2 fully saturated rings. The molecule has 4 heteroatoms. The van der Waals surface area contributed by atoms with Crippen LogP contribution in [0.3, 0.4) is 0 Å². The lowest BCUT2D eigenvalue weighted by atomic mass is 9.94. The van der Waals surface area contributed by atoms with Crippen LogP contribution in [0, 0.1) is 11.8 Å². The summed E-state index contributed by atoms with van der Waals surface area (Å²) < 4.78 is 0. The highest BCUT2D eigenvalue weighted by atomic mass is 16.2. The van der Waals surface area contributed by atoms with Crippen molar-refractivity contribution in [2.45, 2.75) is 58.2 Å². The second kappa shape index (κ2) is 8.33. The minimum absolute atomic E-state index is 0.136. The van der Waals surface area contributed by atoms with E-state index in [1.165, 1.54) is 18.4 Å². The Labute approximate surface area is 152 Å². The van der Waals surface area contributed by atoms with Gasteiger partial charge in [0.05, 0.1) is 6.04 Å². The molecule has 138 valence electrons. The first-order chi connectivity index (χ1) is 12.0. The van der Waals surface area contributed by atoms with Gasteiger partial charge in [-0.1, -0.05) is 44.2 Å². The molecule has 2 aliphatic rings. The van der Waals surface area contributed by atoms with Gasteiger partial charge in [0.2, 0.25) is 5.91 Å². The number of hydrogen-bond acceptors (Lipinski definition) is 3. The smallest absolute Gasteiger partial charge is 0.239 e. The third-order valence-electron chi connectivity index (χ3n) is 5.71. The fraction of sp³-hybridized carbons (Fsp3) is 0.667. The molecular weight excluding hydrogens is 310 g/mol. The molecule has 25 heavy (non-hydrogen) atoms. The maximum absolute atomic E-state index is 12.4. The lowest BCUT2D eigenvalue weighted by molar-refractivity contribution is -0.135. The van der Waals surface area contributed by atoms with Gasteiger partial charge in [-0.05, 0) is 43.1 Å². The van der Waals surface area contributed by atoms with E-state index < -0.39 is 0 Å². The number of benzene rings is 1. The van der Waals surface area contributed by atoms with Crippen LogP contribution in [0.1, 0.15) is 45.1 Å². The van der Waals surface area contributed by atoms with Crippen LogP contribution in [0.2, 0.25) is 0 Å². The monoisotopic (exact) mass is 343 g/mol. The Morgan fingerprint density at radius 3 is 2.36 bits per heavy atom. The Balaban J connectivity index is 1.49. The first kappa shape index (κ1) is 18.4. The van der Waals surface area contributed by atoms with Crippen LogP contribution < -0.4 is 5.73 Å². The van der Waals surface area contributed by atoms with Crippen molar-refractivity contribution >= 4 is 5.91 Å². The molecule has 0 bridgehead atoms. The molecule has 0 spiro atoms. The summed E-state index contributed by atoms with van der Waals surface area (Å²) in [5, 5.41) is 0. The molecule has 4 nitrogen and oxygen atoms in total. The molecular formula is C21H33N3O. The highest BCUT2D eigenvalue weighted by Gasteiger charge is 2.33. The van der Waals surface area contributed by atoms with Crippen LogP contribution >= 0.6 is 0 Å². The van der Waals surface area contributed by atoms with E-state index in [4.69, 9.17) is 5.73 Å². The third kappa shape index (κ3) is 5.05. The number of rotatable bonds is 7. The summed E-state index contributed by atoms with van der Waals surface area (Å²) >= 11 is 0. The van der Waals surface area contributed by atoms with Gasteiger partial charge in [-0.25, -0.2) is 0 Å². The molecule has 1 aliphatic carbocycles. The van der Waals surface area contributed by atoms with Crippen LogP contribution in [0.4, 0.5) is 0 Å². The molecule has 1 saturated carbocycles. The van der Waals surface area contributed by atoms with E-state index in [-0.39, 0.29) is 17.9 Å². The quantitative estimate of drug-likeness (QED) is 0.828. The predicted molar refractivity (Wildman–Crippen MR) is 102 cm³/mol. The van der Waals surface area contributed by atoms with Crippen molar-refractivity contribution in [1.82, 2.24) is 9.80 Å². The Kier molecular flexibility index (Phi) is 6.13. The fourth-order valence-corrected chi connectivity index (χ4v) is 3.76. The molecule has 0 unspecified atom stereocenters. The van der Waals surface area contributed by atoms with E-state index in [9.17, 15) is 4.79 Å². The minimum Gasteiger partial charge on any atom is -0.341 e. The Morgan fingerprint density at radius 2 is 1.80 bits per heavy atom. The number of carbonyl (C=O) groups is 1. The van der Waals surface area contributed by atoms with Gasteiger partial charge >= 0.3 is 0 Å². The zero-order chi connectivity index (χ0) is 17.8. The summed E-state index contributed by atoms with van der Waals surface area (Å²) in [6.45, 7) is 8.00. The van der Waals surface area contributed by atoms with Gasteiger partial charge in [0.25, 0.3) is 0 Å². The SMILES string of the molecule is CC(C)[C@H](N)C(=O)N1CCC(CN(Cc2ccccc2)C2CC2)CC1. The first-order valence-electron chi connectivity index (χ1n) is 9.87. The molecule has 1 heterocycles. The van der Waals surface area contributed by atoms with Gasteiger partial charge < -0.3 is 10.6 Å². The van der Waals surface area contributed by atoms with Crippen molar-refractivity contribution in [2.75, 3.05) is 19.6 Å². The van der Waals surface area contributed by atoms with Crippen LogP contribution in [0.5, 0.6) is 0 Å². The lowest BCUT2D eigenvalue weighted by Gasteiger charge is -2.36. The molecule has 1 amide bonds. The number of hydrogen-bond donors (Lipinski definition) is 1. The van der Waals surface area contributed by atoms with Gasteiger partial charge in [-0.2, -0.15) is 0 Å². The molecule has 0 aromatic heterocycles. The minimum atomic E-state index is -0.349. The van der Waals surface area contributed by atoms with Crippen molar-refractivity contribution in [3.63, 3.8) is 0 Å². The number of amides is 1. The van der Waals surface area contributed by atoms with Crippen LogP contribution in [0.25, 0.3) is 0 Å².